The molecule has 7 heteroatoms. The maximum absolute atomic E-state index is 13.1. The molecule has 6 nitrogen and oxygen atoms in total. The van der Waals surface area contributed by atoms with Crippen LogP contribution in [0.25, 0.3) is 0 Å². The minimum absolute atomic E-state index is 0.0711. The van der Waals surface area contributed by atoms with Gasteiger partial charge in [0.05, 0.1) is 12.0 Å². The number of amides is 1. The molecule has 1 amide bonds. The maximum Gasteiger partial charge on any atom is 0.249 e. The summed E-state index contributed by atoms with van der Waals surface area (Å²) in [5.74, 6) is 0.934. The zero-order valence-electron chi connectivity index (χ0n) is 12.9. The van der Waals surface area contributed by atoms with Crippen LogP contribution in [-0.2, 0) is 11.2 Å². The second-order valence-corrected chi connectivity index (χ2v) is 7.32. The van der Waals surface area contributed by atoms with Crippen molar-refractivity contribution in [2.75, 3.05) is 6.54 Å². The van der Waals surface area contributed by atoms with Gasteiger partial charge in [-0.3, -0.25) is 4.79 Å². The van der Waals surface area contributed by atoms with Gasteiger partial charge >= 0.3 is 0 Å². The zero-order chi connectivity index (χ0) is 16.0. The third-order valence-corrected chi connectivity index (χ3v) is 5.74. The zero-order valence-corrected chi connectivity index (χ0v) is 13.8. The van der Waals surface area contributed by atoms with Gasteiger partial charge in [0.1, 0.15) is 6.04 Å². The van der Waals surface area contributed by atoms with Gasteiger partial charge in [0.25, 0.3) is 0 Å². The molecule has 0 saturated carbocycles. The van der Waals surface area contributed by atoms with E-state index in [0.29, 0.717) is 24.7 Å². The highest BCUT2D eigenvalue weighted by atomic mass is 32.1. The molecule has 4 rings (SSSR count). The molecular formula is C16H19N3O3S. The van der Waals surface area contributed by atoms with Crippen LogP contribution in [-0.4, -0.2) is 38.7 Å². The predicted molar refractivity (Wildman–Crippen MR) is 84.1 cm³/mol. The molecule has 1 aliphatic carbocycles. The number of carbonyl (C=O) groups excluding carboxylic acids is 1. The Kier molecular flexibility index (Phi) is 3.69. The van der Waals surface area contributed by atoms with Gasteiger partial charge in [0, 0.05) is 17.8 Å². The van der Waals surface area contributed by atoms with E-state index in [1.54, 1.807) is 23.2 Å². The minimum Gasteiger partial charge on any atom is -0.391 e. The first-order valence-corrected chi connectivity index (χ1v) is 8.86. The molecule has 0 spiro atoms. The average Bonchev–Trinajstić information content (AvgIpc) is 3.24. The highest BCUT2D eigenvalue weighted by molar-refractivity contribution is 7.10. The number of carbonyl (C=O) groups is 1. The lowest BCUT2D eigenvalue weighted by Gasteiger charge is -2.29. The minimum atomic E-state index is -0.540. The Labute approximate surface area is 138 Å². The SMILES string of the molecule is Cc1noc([C@H]2C[C@@H](O)CN2C(=O)[C@@H]2CCCc3sccc32)n1. The summed E-state index contributed by atoms with van der Waals surface area (Å²) in [5.41, 5.74) is 1.16. The molecule has 0 radical (unpaired) electrons. The number of thiophene rings is 1. The molecule has 2 aliphatic rings. The average molecular weight is 333 g/mol. The fraction of sp³-hybridized carbons (Fsp3) is 0.562. The predicted octanol–water partition coefficient (Wildman–Crippen LogP) is 2.19. The normalized spacial score (nSPS) is 27.2. The van der Waals surface area contributed by atoms with Gasteiger partial charge in [-0.25, -0.2) is 0 Å². The first-order chi connectivity index (χ1) is 11.1. The van der Waals surface area contributed by atoms with Gasteiger partial charge < -0.3 is 14.5 Å². The van der Waals surface area contributed by atoms with Crippen LogP contribution in [0.1, 0.15) is 53.4 Å². The van der Waals surface area contributed by atoms with Crippen molar-refractivity contribution in [1.82, 2.24) is 15.0 Å². The maximum atomic E-state index is 13.1. The van der Waals surface area contributed by atoms with Crippen molar-refractivity contribution < 1.29 is 14.4 Å². The fourth-order valence-corrected chi connectivity index (χ4v) is 4.67. The van der Waals surface area contributed by atoms with E-state index in [2.05, 4.69) is 21.6 Å². The molecule has 23 heavy (non-hydrogen) atoms. The summed E-state index contributed by atoms with van der Waals surface area (Å²) < 4.78 is 5.25. The molecule has 2 aromatic rings. The van der Waals surface area contributed by atoms with Gasteiger partial charge in [-0.05, 0) is 43.2 Å². The summed E-state index contributed by atoms with van der Waals surface area (Å²) in [6.45, 7) is 2.09. The van der Waals surface area contributed by atoms with E-state index in [4.69, 9.17) is 4.52 Å². The molecule has 122 valence electrons. The number of β-amino-alcohol motifs (C(OH)–C–C–N with tert-alkyl or cyclic N) is 1. The number of aliphatic hydroxyl groups excluding tert-OH is 1. The van der Waals surface area contributed by atoms with E-state index in [1.165, 1.54) is 4.88 Å². The molecule has 1 fully saturated rings. The van der Waals surface area contributed by atoms with Crippen molar-refractivity contribution in [3.05, 3.63) is 33.6 Å². The fourth-order valence-electron chi connectivity index (χ4n) is 3.68. The number of rotatable bonds is 2. The summed E-state index contributed by atoms with van der Waals surface area (Å²) in [6, 6.07) is 1.75. The Balaban J connectivity index is 1.62. The summed E-state index contributed by atoms with van der Waals surface area (Å²) >= 11 is 1.73. The lowest BCUT2D eigenvalue weighted by molar-refractivity contribution is -0.134. The van der Waals surface area contributed by atoms with Crippen molar-refractivity contribution in [1.29, 1.82) is 0 Å². The third kappa shape index (κ3) is 2.57. The van der Waals surface area contributed by atoms with Crippen LogP contribution >= 0.6 is 11.3 Å². The van der Waals surface area contributed by atoms with E-state index in [9.17, 15) is 9.90 Å². The molecule has 3 atom stereocenters. The smallest absolute Gasteiger partial charge is 0.249 e. The van der Waals surface area contributed by atoms with E-state index in [1.807, 2.05) is 0 Å². The first-order valence-electron chi connectivity index (χ1n) is 7.98. The number of aliphatic hydroxyl groups is 1. The molecule has 1 saturated heterocycles. The standard InChI is InChI=1S/C16H19N3O3S/c1-9-17-15(22-18-9)13-7-10(20)8-19(13)16(21)12-3-2-4-14-11(12)5-6-23-14/h5-6,10,12-13,20H,2-4,7-8H2,1H3/t10-,12-,13-/m1/s1. The highest BCUT2D eigenvalue weighted by Gasteiger charge is 2.42. The number of hydrogen-bond donors (Lipinski definition) is 1. The topological polar surface area (TPSA) is 79.5 Å². The van der Waals surface area contributed by atoms with E-state index >= 15 is 0 Å². The van der Waals surface area contributed by atoms with Crippen LogP contribution in [0, 0.1) is 6.92 Å². The van der Waals surface area contributed by atoms with E-state index < -0.39 is 6.10 Å². The Bertz CT molecular complexity index is 726. The molecule has 1 N–H and O–H groups in total. The molecule has 0 unspecified atom stereocenters. The summed E-state index contributed by atoms with van der Waals surface area (Å²) in [6.07, 6.45) is 2.87. The monoisotopic (exact) mass is 333 g/mol. The summed E-state index contributed by atoms with van der Waals surface area (Å²) in [5, 5.41) is 15.9. The second kappa shape index (κ2) is 5.72. The molecule has 0 bridgehead atoms. The van der Waals surface area contributed by atoms with Gasteiger partial charge in [0.2, 0.25) is 11.8 Å². The Hall–Kier alpha value is -1.73. The molecule has 3 heterocycles. The first kappa shape index (κ1) is 14.8. The van der Waals surface area contributed by atoms with Crippen LogP contribution in [0.3, 0.4) is 0 Å². The van der Waals surface area contributed by atoms with Crippen molar-refractivity contribution >= 4 is 17.2 Å². The lowest BCUT2D eigenvalue weighted by atomic mass is 9.86. The Morgan fingerprint density at radius 1 is 1.52 bits per heavy atom. The summed E-state index contributed by atoms with van der Waals surface area (Å²) in [7, 11) is 0. The van der Waals surface area contributed by atoms with Crippen LogP contribution in [0.15, 0.2) is 16.0 Å². The van der Waals surface area contributed by atoms with Crippen molar-refractivity contribution in [2.45, 2.75) is 50.7 Å². The number of hydrogen-bond acceptors (Lipinski definition) is 6. The molecule has 2 aromatic heterocycles. The van der Waals surface area contributed by atoms with Crippen molar-refractivity contribution in [3.63, 3.8) is 0 Å². The van der Waals surface area contributed by atoms with Crippen LogP contribution in [0.5, 0.6) is 0 Å². The molecule has 0 aromatic carbocycles. The largest absolute Gasteiger partial charge is 0.391 e. The van der Waals surface area contributed by atoms with Crippen LogP contribution in [0.2, 0.25) is 0 Å². The van der Waals surface area contributed by atoms with Gasteiger partial charge in [0.15, 0.2) is 5.82 Å². The van der Waals surface area contributed by atoms with Gasteiger partial charge in [-0.2, -0.15) is 4.98 Å². The van der Waals surface area contributed by atoms with Gasteiger partial charge in [-0.15, -0.1) is 11.3 Å². The van der Waals surface area contributed by atoms with Gasteiger partial charge in [-0.1, -0.05) is 5.16 Å². The van der Waals surface area contributed by atoms with E-state index in [0.717, 1.165) is 24.8 Å². The quantitative estimate of drug-likeness (QED) is 0.911. The number of fused-ring (bicyclic) bond motifs is 1. The van der Waals surface area contributed by atoms with Crippen LogP contribution < -0.4 is 0 Å². The molecule has 1 aliphatic heterocycles. The second-order valence-electron chi connectivity index (χ2n) is 6.32. The number of aryl methyl sites for hydroxylation is 2. The number of likely N-dealkylation sites (tertiary alicyclic amines) is 1. The van der Waals surface area contributed by atoms with Crippen LogP contribution in [0.4, 0.5) is 0 Å². The lowest BCUT2D eigenvalue weighted by Crippen LogP contribution is -2.36. The Morgan fingerprint density at radius 2 is 2.39 bits per heavy atom. The van der Waals surface area contributed by atoms with Crippen molar-refractivity contribution in [3.8, 4) is 0 Å². The third-order valence-electron chi connectivity index (χ3n) is 4.74. The highest BCUT2D eigenvalue weighted by Crippen LogP contribution is 2.40. The summed E-state index contributed by atoms with van der Waals surface area (Å²) in [4.78, 5) is 20.4. The van der Waals surface area contributed by atoms with E-state index in [-0.39, 0.29) is 17.9 Å². The Morgan fingerprint density at radius 3 is 3.17 bits per heavy atom. The van der Waals surface area contributed by atoms with Crippen molar-refractivity contribution in [2.24, 2.45) is 0 Å². The molecular weight excluding hydrogens is 314 g/mol. The number of nitrogens with zero attached hydrogens (tertiary/aromatic N) is 3. The number of aromatic nitrogens is 2.